The van der Waals surface area contributed by atoms with Crippen molar-refractivity contribution in [1.82, 2.24) is 10.3 Å². The van der Waals surface area contributed by atoms with E-state index in [-0.39, 0.29) is 24.5 Å². The van der Waals surface area contributed by atoms with Crippen molar-refractivity contribution in [1.29, 1.82) is 0 Å². The summed E-state index contributed by atoms with van der Waals surface area (Å²) in [7, 11) is 0. The highest BCUT2D eigenvalue weighted by molar-refractivity contribution is 5.78. The first kappa shape index (κ1) is 13.4. The predicted octanol–water partition coefficient (Wildman–Crippen LogP) is -0.152. The highest BCUT2D eigenvalue weighted by Crippen LogP contribution is 2.28. The molecular formula is C11H23N3O2. The summed E-state index contributed by atoms with van der Waals surface area (Å²) in [6.07, 6.45) is 3.58. The Hall–Kier alpha value is -0.650. The van der Waals surface area contributed by atoms with E-state index in [1.165, 1.54) is 19.3 Å². The molecule has 94 valence electrons. The maximum atomic E-state index is 11.5. The fraction of sp³-hybridized carbons (Fsp3) is 0.909. The number of nitrogens with zero attached hydrogens (tertiary/aromatic N) is 1. The zero-order valence-electron chi connectivity index (χ0n) is 10.1. The maximum absolute atomic E-state index is 11.5. The van der Waals surface area contributed by atoms with E-state index < -0.39 is 0 Å². The number of hydrazine groups is 1. The Balaban J connectivity index is 2.58. The second-order valence-electron chi connectivity index (χ2n) is 4.58. The number of carbonyl (C=O) groups is 1. The van der Waals surface area contributed by atoms with Crippen molar-refractivity contribution >= 4 is 5.91 Å². The molecule has 5 nitrogen and oxygen atoms in total. The Morgan fingerprint density at radius 1 is 1.56 bits per heavy atom. The number of aliphatic hydroxyl groups excluding tert-OH is 1. The average Bonchev–Trinajstić information content (AvgIpc) is 2.23. The molecule has 2 unspecified atom stereocenters. The Morgan fingerprint density at radius 2 is 2.19 bits per heavy atom. The molecule has 1 aliphatic rings. The van der Waals surface area contributed by atoms with Crippen molar-refractivity contribution in [3.63, 3.8) is 0 Å². The summed E-state index contributed by atoms with van der Waals surface area (Å²) < 4.78 is 0. The van der Waals surface area contributed by atoms with Crippen LogP contribution in [0.15, 0.2) is 0 Å². The van der Waals surface area contributed by atoms with Gasteiger partial charge in [-0.3, -0.25) is 15.1 Å². The molecule has 0 aromatic rings. The largest absolute Gasteiger partial charge is 0.395 e. The van der Waals surface area contributed by atoms with Gasteiger partial charge in [0, 0.05) is 18.6 Å². The molecular weight excluding hydrogens is 206 g/mol. The van der Waals surface area contributed by atoms with Gasteiger partial charge in [-0.1, -0.05) is 13.3 Å². The summed E-state index contributed by atoms with van der Waals surface area (Å²) in [5.74, 6) is 4.84. The lowest BCUT2D eigenvalue weighted by Crippen LogP contribution is -2.52. The van der Waals surface area contributed by atoms with Gasteiger partial charge >= 0.3 is 0 Å². The number of rotatable bonds is 6. The van der Waals surface area contributed by atoms with Crippen LogP contribution in [-0.4, -0.2) is 41.1 Å². The molecule has 1 fully saturated rings. The van der Waals surface area contributed by atoms with Crippen LogP contribution in [0.25, 0.3) is 0 Å². The van der Waals surface area contributed by atoms with Crippen LogP contribution in [0.3, 0.4) is 0 Å². The van der Waals surface area contributed by atoms with Crippen LogP contribution < -0.4 is 11.3 Å². The van der Waals surface area contributed by atoms with Gasteiger partial charge in [0.15, 0.2) is 0 Å². The number of aliphatic hydroxyl groups is 1. The topological polar surface area (TPSA) is 78.6 Å². The second kappa shape index (κ2) is 6.18. The van der Waals surface area contributed by atoms with Gasteiger partial charge in [0.25, 0.3) is 0 Å². The van der Waals surface area contributed by atoms with Gasteiger partial charge in [-0.05, 0) is 19.8 Å². The van der Waals surface area contributed by atoms with Gasteiger partial charge in [0.1, 0.15) is 0 Å². The normalized spacial score (nSPS) is 20.3. The molecule has 0 aromatic carbocycles. The van der Waals surface area contributed by atoms with Crippen molar-refractivity contribution in [2.45, 2.75) is 45.2 Å². The standard InChI is InChI=1S/C11H23N3O2/c1-8(11(16)13-12)9(2)14(6-7-15)10-4-3-5-10/h8-10,15H,3-7,12H2,1-2H3,(H,13,16). The van der Waals surface area contributed by atoms with Crippen molar-refractivity contribution in [3.05, 3.63) is 0 Å². The van der Waals surface area contributed by atoms with Gasteiger partial charge in [-0.2, -0.15) is 0 Å². The van der Waals surface area contributed by atoms with Gasteiger partial charge in [0.2, 0.25) is 5.91 Å². The van der Waals surface area contributed by atoms with E-state index in [0.717, 1.165) is 0 Å². The lowest BCUT2D eigenvalue weighted by molar-refractivity contribution is -0.127. The molecule has 4 N–H and O–H groups in total. The third-order valence-corrected chi connectivity index (χ3v) is 3.70. The third-order valence-electron chi connectivity index (χ3n) is 3.70. The number of nitrogens with one attached hydrogen (secondary N) is 1. The van der Waals surface area contributed by atoms with E-state index in [0.29, 0.717) is 12.6 Å². The molecule has 0 aliphatic heterocycles. The van der Waals surface area contributed by atoms with Crippen molar-refractivity contribution in [3.8, 4) is 0 Å². The highest BCUT2D eigenvalue weighted by atomic mass is 16.3. The first-order chi connectivity index (χ1) is 7.61. The van der Waals surface area contributed by atoms with Crippen LogP contribution in [0.2, 0.25) is 0 Å². The molecule has 0 aromatic heterocycles. The molecule has 0 spiro atoms. The van der Waals surface area contributed by atoms with Gasteiger partial charge < -0.3 is 5.11 Å². The fourth-order valence-corrected chi connectivity index (χ4v) is 2.19. The zero-order chi connectivity index (χ0) is 12.1. The Kier molecular flexibility index (Phi) is 5.18. The summed E-state index contributed by atoms with van der Waals surface area (Å²) in [5, 5.41) is 9.06. The summed E-state index contributed by atoms with van der Waals surface area (Å²) in [4.78, 5) is 13.7. The van der Waals surface area contributed by atoms with Gasteiger partial charge in [-0.25, -0.2) is 5.84 Å². The van der Waals surface area contributed by atoms with Crippen molar-refractivity contribution < 1.29 is 9.90 Å². The first-order valence-electron chi connectivity index (χ1n) is 5.98. The minimum Gasteiger partial charge on any atom is -0.395 e. The lowest BCUT2D eigenvalue weighted by Gasteiger charge is -2.42. The van der Waals surface area contributed by atoms with Crippen molar-refractivity contribution in [2.24, 2.45) is 11.8 Å². The maximum Gasteiger partial charge on any atom is 0.238 e. The molecule has 0 radical (unpaired) electrons. The van der Waals surface area contributed by atoms with E-state index >= 15 is 0 Å². The van der Waals surface area contributed by atoms with Crippen LogP contribution >= 0.6 is 0 Å². The second-order valence-corrected chi connectivity index (χ2v) is 4.58. The smallest absolute Gasteiger partial charge is 0.238 e. The van der Waals surface area contributed by atoms with E-state index in [2.05, 4.69) is 10.3 Å². The average molecular weight is 229 g/mol. The minimum atomic E-state index is -0.155. The molecule has 1 rings (SSSR count). The predicted molar refractivity (Wildman–Crippen MR) is 62.4 cm³/mol. The molecule has 2 atom stereocenters. The van der Waals surface area contributed by atoms with E-state index in [9.17, 15) is 4.79 Å². The molecule has 1 amide bonds. The molecule has 0 bridgehead atoms. The molecule has 1 aliphatic carbocycles. The number of carbonyl (C=O) groups excluding carboxylic acids is 1. The van der Waals surface area contributed by atoms with Crippen LogP contribution in [0.1, 0.15) is 33.1 Å². The number of hydrogen-bond donors (Lipinski definition) is 3. The Bertz CT molecular complexity index is 231. The fourth-order valence-electron chi connectivity index (χ4n) is 2.19. The SMILES string of the molecule is CC(C(=O)NN)C(C)N(CCO)C1CCC1. The molecule has 0 saturated heterocycles. The Labute approximate surface area is 97.0 Å². The lowest BCUT2D eigenvalue weighted by atomic mass is 9.88. The first-order valence-corrected chi connectivity index (χ1v) is 5.98. The molecule has 5 heteroatoms. The van der Waals surface area contributed by atoms with E-state index in [4.69, 9.17) is 10.9 Å². The number of nitrogens with two attached hydrogens (primary N) is 1. The van der Waals surface area contributed by atoms with E-state index in [1.54, 1.807) is 0 Å². The van der Waals surface area contributed by atoms with Gasteiger partial charge in [0.05, 0.1) is 12.5 Å². The molecule has 16 heavy (non-hydrogen) atoms. The van der Waals surface area contributed by atoms with E-state index in [1.807, 2.05) is 13.8 Å². The van der Waals surface area contributed by atoms with Crippen LogP contribution in [0, 0.1) is 5.92 Å². The number of amides is 1. The molecule has 1 saturated carbocycles. The zero-order valence-corrected chi connectivity index (χ0v) is 10.1. The highest BCUT2D eigenvalue weighted by Gasteiger charge is 2.32. The summed E-state index contributed by atoms with van der Waals surface area (Å²) in [6.45, 7) is 4.66. The molecule has 0 heterocycles. The summed E-state index contributed by atoms with van der Waals surface area (Å²) in [6, 6.07) is 0.635. The quantitative estimate of drug-likeness (QED) is 0.336. The Morgan fingerprint density at radius 3 is 2.56 bits per heavy atom. The third kappa shape index (κ3) is 2.93. The van der Waals surface area contributed by atoms with Gasteiger partial charge in [-0.15, -0.1) is 0 Å². The van der Waals surface area contributed by atoms with Crippen LogP contribution in [0.4, 0.5) is 0 Å². The van der Waals surface area contributed by atoms with Crippen LogP contribution in [0.5, 0.6) is 0 Å². The summed E-state index contributed by atoms with van der Waals surface area (Å²) >= 11 is 0. The van der Waals surface area contributed by atoms with Crippen LogP contribution in [-0.2, 0) is 4.79 Å². The monoisotopic (exact) mass is 229 g/mol. The minimum absolute atomic E-state index is 0.112. The number of hydrogen-bond acceptors (Lipinski definition) is 4. The summed E-state index contributed by atoms with van der Waals surface area (Å²) in [5.41, 5.74) is 2.19. The van der Waals surface area contributed by atoms with Crippen molar-refractivity contribution in [2.75, 3.05) is 13.2 Å².